The lowest BCUT2D eigenvalue weighted by atomic mass is 10.0. The summed E-state index contributed by atoms with van der Waals surface area (Å²) in [6.45, 7) is 3.78. The third-order valence-corrected chi connectivity index (χ3v) is 5.00. The highest BCUT2D eigenvalue weighted by molar-refractivity contribution is 7.91. The second-order valence-electron chi connectivity index (χ2n) is 4.41. The molecule has 0 saturated carbocycles. The summed E-state index contributed by atoms with van der Waals surface area (Å²) in [6.07, 6.45) is 1.25. The molecule has 5 nitrogen and oxygen atoms in total. The number of carbonyl (C=O) groups excluding carboxylic acids is 1. The first-order valence-corrected chi connectivity index (χ1v) is 7.37. The molecule has 0 aromatic carbocycles. The topological polar surface area (TPSA) is 66.8 Å². The average Bonchev–Trinajstić information content (AvgIpc) is 2.70. The van der Waals surface area contributed by atoms with Gasteiger partial charge in [0.1, 0.15) is 0 Å². The van der Waals surface area contributed by atoms with Crippen LogP contribution in [0.15, 0.2) is 5.10 Å². The lowest BCUT2D eigenvalue weighted by Crippen LogP contribution is -2.36. The van der Waals surface area contributed by atoms with Crippen molar-refractivity contribution in [2.45, 2.75) is 32.7 Å². The number of hydrogen-bond donors (Lipinski definition) is 0. The fourth-order valence-electron chi connectivity index (χ4n) is 2.22. The molecule has 90 valence electrons. The first kappa shape index (κ1) is 11.6. The summed E-state index contributed by atoms with van der Waals surface area (Å²) < 4.78 is 22.7. The molecule has 0 aromatic heterocycles. The maximum atomic E-state index is 11.9. The van der Waals surface area contributed by atoms with Crippen LogP contribution in [-0.4, -0.2) is 42.6 Å². The normalized spacial score (nSPS) is 33.2. The van der Waals surface area contributed by atoms with Crippen LogP contribution >= 0.6 is 0 Å². The molecule has 0 aliphatic carbocycles. The van der Waals surface area contributed by atoms with Gasteiger partial charge in [-0.3, -0.25) is 4.79 Å². The van der Waals surface area contributed by atoms with Crippen molar-refractivity contribution >= 4 is 21.5 Å². The molecular weight excluding hydrogens is 228 g/mol. The molecule has 2 aliphatic heterocycles. The van der Waals surface area contributed by atoms with E-state index in [0.29, 0.717) is 6.42 Å². The Hall–Kier alpha value is -0.910. The third kappa shape index (κ3) is 1.86. The van der Waals surface area contributed by atoms with Gasteiger partial charge in [-0.1, -0.05) is 6.92 Å². The van der Waals surface area contributed by atoms with Crippen LogP contribution in [0.25, 0.3) is 0 Å². The molecule has 0 bridgehead atoms. The highest BCUT2D eigenvalue weighted by atomic mass is 32.2. The Labute approximate surface area is 95.4 Å². The van der Waals surface area contributed by atoms with Gasteiger partial charge in [0.15, 0.2) is 9.84 Å². The van der Waals surface area contributed by atoms with Crippen molar-refractivity contribution in [1.29, 1.82) is 0 Å². The molecule has 1 amide bonds. The minimum atomic E-state index is -2.96. The fraction of sp³-hybridized carbons (Fsp3) is 0.800. The van der Waals surface area contributed by atoms with Gasteiger partial charge in [0.05, 0.1) is 29.2 Å². The van der Waals surface area contributed by atoms with Gasteiger partial charge in [-0.05, 0) is 19.8 Å². The maximum absolute atomic E-state index is 11.9. The van der Waals surface area contributed by atoms with Gasteiger partial charge in [0.2, 0.25) is 0 Å². The summed E-state index contributed by atoms with van der Waals surface area (Å²) in [5.74, 6) is -0.00840. The minimum absolute atomic E-state index is 0.0565. The first-order valence-electron chi connectivity index (χ1n) is 5.55. The fourth-order valence-corrected chi connectivity index (χ4v) is 3.91. The second kappa shape index (κ2) is 3.84. The van der Waals surface area contributed by atoms with Crippen LogP contribution in [0.3, 0.4) is 0 Å². The first-order chi connectivity index (χ1) is 7.44. The Morgan fingerprint density at radius 3 is 2.62 bits per heavy atom. The molecule has 2 heterocycles. The van der Waals surface area contributed by atoms with Gasteiger partial charge in [-0.15, -0.1) is 0 Å². The van der Waals surface area contributed by atoms with E-state index < -0.39 is 9.84 Å². The predicted molar refractivity (Wildman–Crippen MR) is 60.8 cm³/mol. The van der Waals surface area contributed by atoms with E-state index >= 15 is 0 Å². The van der Waals surface area contributed by atoms with Crippen molar-refractivity contribution in [3.63, 3.8) is 0 Å². The highest BCUT2D eigenvalue weighted by Crippen LogP contribution is 2.25. The van der Waals surface area contributed by atoms with E-state index in [0.717, 1.165) is 12.1 Å². The number of hydrazone groups is 1. The van der Waals surface area contributed by atoms with Crippen molar-refractivity contribution in [2.24, 2.45) is 11.0 Å². The summed E-state index contributed by atoms with van der Waals surface area (Å²) in [5, 5.41) is 5.65. The Balaban J connectivity index is 2.18. The highest BCUT2D eigenvalue weighted by Gasteiger charge is 2.40. The third-order valence-electron chi connectivity index (χ3n) is 3.25. The van der Waals surface area contributed by atoms with Crippen LogP contribution in [0.1, 0.15) is 26.7 Å². The smallest absolute Gasteiger partial charge is 0.251 e. The second-order valence-corrected chi connectivity index (χ2v) is 6.63. The number of rotatable bonds is 2. The predicted octanol–water partition coefficient (Wildman–Crippen LogP) is 0.418. The molecule has 0 radical (unpaired) electrons. The molecule has 2 atom stereocenters. The number of amides is 1. The lowest BCUT2D eigenvalue weighted by molar-refractivity contribution is -0.133. The van der Waals surface area contributed by atoms with Crippen LogP contribution in [0.2, 0.25) is 0 Å². The van der Waals surface area contributed by atoms with Crippen molar-refractivity contribution in [1.82, 2.24) is 5.01 Å². The molecule has 16 heavy (non-hydrogen) atoms. The largest absolute Gasteiger partial charge is 0.272 e. The Bertz CT molecular complexity index is 441. The Kier molecular flexibility index (Phi) is 2.77. The van der Waals surface area contributed by atoms with Crippen LogP contribution in [0.4, 0.5) is 0 Å². The van der Waals surface area contributed by atoms with Gasteiger partial charge < -0.3 is 0 Å². The van der Waals surface area contributed by atoms with Crippen LogP contribution < -0.4 is 0 Å². The van der Waals surface area contributed by atoms with Gasteiger partial charge in [-0.2, -0.15) is 5.10 Å². The van der Waals surface area contributed by atoms with Crippen molar-refractivity contribution < 1.29 is 13.2 Å². The molecule has 0 spiro atoms. The molecular formula is C10H16N2O3S. The van der Waals surface area contributed by atoms with Gasteiger partial charge in [0.25, 0.3) is 5.91 Å². The molecule has 6 heteroatoms. The summed E-state index contributed by atoms with van der Waals surface area (Å²) >= 11 is 0. The van der Waals surface area contributed by atoms with Crippen molar-refractivity contribution in [2.75, 3.05) is 11.5 Å². The van der Waals surface area contributed by atoms with E-state index in [4.69, 9.17) is 0 Å². The number of hydrogen-bond acceptors (Lipinski definition) is 4. The van der Waals surface area contributed by atoms with Gasteiger partial charge >= 0.3 is 0 Å². The summed E-state index contributed by atoms with van der Waals surface area (Å²) in [5.41, 5.74) is 0.856. The van der Waals surface area contributed by atoms with E-state index in [-0.39, 0.29) is 29.4 Å². The monoisotopic (exact) mass is 244 g/mol. The van der Waals surface area contributed by atoms with Gasteiger partial charge in [-0.25, -0.2) is 13.4 Å². The zero-order valence-electron chi connectivity index (χ0n) is 9.51. The van der Waals surface area contributed by atoms with E-state index in [1.807, 2.05) is 13.8 Å². The van der Waals surface area contributed by atoms with Crippen LogP contribution in [0.5, 0.6) is 0 Å². The number of nitrogens with zero attached hydrogens (tertiary/aromatic N) is 2. The Morgan fingerprint density at radius 1 is 1.50 bits per heavy atom. The summed E-state index contributed by atoms with van der Waals surface area (Å²) in [7, 11) is -2.96. The average molecular weight is 244 g/mol. The van der Waals surface area contributed by atoms with E-state index in [2.05, 4.69) is 5.10 Å². The molecule has 1 saturated heterocycles. The van der Waals surface area contributed by atoms with Crippen molar-refractivity contribution in [3.8, 4) is 0 Å². The summed E-state index contributed by atoms with van der Waals surface area (Å²) in [4.78, 5) is 11.9. The quantitative estimate of drug-likeness (QED) is 0.707. The molecule has 2 rings (SSSR count). The maximum Gasteiger partial charge on any atom is 0.251 e. The molecule has 2 aliphatic rings. The SMILES string of the molecule is CCC1=NN(C2CCS(=O)(=O)C2)C(=O)C1C. The van der Waals surface area contributed by atoms with Crippen molar-refractivity contribution in [3.05, 3.63) is 0 Å². The summed E-state index contributed by atoms with van der Waals surface area (Å²) in [6, 6.07) is -0.246. The molecule has 1 fully saturated rings. The lowest BCUT2D eigenvalue weighted by Gasteiger charge is -2.18. The van der Waals surface area contributed by atoms with Gasteiger partial charge in [0, 0.05) is 0 Å². The molecule has 2 unspecified atom stereocenters. The standard InChI is InChI=1S/C10H16N2O3S/c1-3-9-7(2)10(13)12(11-9)8-4-5-16(14,15)6-8/h7-8H,3-6H2,1-2H3. The zero-order chi connectivity index (χ0) is 11.9. The zero-order valence-corrected chi connectivity index (χ0v) is 10.3. The van der Waals surface area contributed by atoms with E-state index in [1.165, 1.54) is 5.01 Å². The number of carbonyl (C=O) groups is 1. The minimum Gasteiger partial charge on any atom is -0.272 e. The van der Waals surface area contributed by atoms with Crippen LogP contribution in [-0.2, 0) is 14.6 Å². The Morgan fingerprint density at radius 2 is 2.19 bits per heavy atom. The van der Waals surface area contributed by atoms with E-state index in [9.17, 15) is 13.2 Å². The molecule has 0 N–H and O–H groups in total. The number of sulfone groups is 1. The molecule has 0 aromatic rings. The van der Waals surface area contributed by atoms with Crippen LogP contribution in [0, 0.1) is 5.92 Å². The van der Waals surface area contributed by atoms with E-state index in [1.54, 1.807) is 0 Å².